The predicted octanol–water partition coefficient (Wildman–Crippen LogP) is 3.48. The van der Waals surface area contributed by atoms with Crippen LogP contribution in [0.5, 0.6) is 11.5 Å². The Labute approximate surface area is 150 Å². The van der Waals surface area contributed by atoms with Crippen LogP contribution in [0.15, 0.2) is 58.8 Å². The van der Waals surface area contributed by atoms with Crippen LogP contribution in [0.3, 0.4) is 0 Å². The van der Waals surface area contributed by atoms with Gasteiger partial charge in [-0.25, -0.2) is 0 Å². The lowest BCUT2D eigenvalue weighted by atomic mass is 10.2. The van der Waals surface area contributed by atoms with E-state index in [2.05, 4.69) is 27.4 Å². The second kappa shape index (κ2) is 7.85. The molecule has 0 unspecified atom stereocenters. The van der Waals surface area contributed by atoms with Gasteiger partial charge in [-0.15, -0.1) is 10.2 Å². The molecular weight excluding hydrogens is 336 g/mol. The smallest absolute Gasteiger partial charge is 0.212 e. The number of aryl methyl sites for hydroxylation is 1. The molecule has 0 radical (unpaired) electrons. The third kappa shape index (κ3) is 4.19. The second-order valence-electron chi connectivity index (χ2n) is 5.29. The van der Waals surface area contributed by atoms with Gasteiger partial charge in [-0.2, -0.15) is 9.78 Å². The summed E-state index contributed by atoms with van der Waals surface area (Å²) in [6.45, 7) is 1.85. The maximum atomic E-state index is 9.85. The minimum atomic E-state index is 0.0746. The molecule has 0 aliphatic carbocycles. The third-order valence-electron chi connectivity index (χ3n) is 3.50. The molecular formula is C18H18N4O2S. The van der Waals surface area contributed by atoms with E-state index >= 15 is 0 Å². The lowest BCUT2D eigenvalue weighted by Gasteiger charge is -2.04. The molecule has 6 nitrogen and oxygen atoms in total. The minimum absolute atomic E-state index is 0.0746. The molecule has 0 saturated heterocycles. The van der Waals surface area contributed by atoms with Crippen LogP contribution < -0.4 is 4.74 Å². The largest absolute Gasteiger partial charge is 0.504 e. The van der Waals surface area contributed by atoms with Crippen LogP contribution in [0.25, 0.3) is 0 Å². The topological polar surface area (TPSA) is 72.5 Å². The Bertz CT molecular complexity index is 878. The maximum absolute atomic E-state index is 9.85. The van der Waals surface area contributed by atoms with E-state index in [-0.39, 0.29) is 5.75 Å². The average molecular weight is 354 g/mol. The Morgan fingerprint density at radius 2 is 2.00 bits per heavy atom. The minimum Gasteiger partial charge on any atom is -0.504 e. The molecule has 0 saturated carbocycles. The highest BCUT2D eigenvalue weighted by Crippen LogP contribution is 2.26. The van der Waals surface area contributed by atoms with Crippen LogP contribution in [-0.2, 0) is 5.75 Å². The van der Waals surface area contributed by atoms with Crippen molar-refractivity contribution in [1.82, 2.24) is 14.9 Å². The summed E-state index contributed by atoms with van der Waals surface area (Å²) in [7, 11) is 1.51. The monoisotopic (exact) mass is 354 g/mol. The average Bonchev–Trinajstić information content (AvgIpc) is 2.99. The van der Waals surface area contributed by atoms with E-state index in [1.807, 2.05) is 31.2 Å². The number of methoxy groups -OCH3 is 1. The van der Waals surface area contributed by atoms with Crippen LogP contribution in [0.2, 0.25) is 0 Å². The molecule has 0 aliphatic heterocycles. The normalized spacial score (nSPS) is 11.1. The van der Waals surface area contributed by atoms with Crippen molar-refractivity contribution >= 4 is 18.0 Å². The summed E-state index contributed by atoms with van der Waals surface area (Å²) >= 11 is 1.57. The van der Waals surface area contributed by atoms with Crippen LogP contribution >= 0.6 is 11.8 Å². The quantitative estimate of drug-likeness (QED) is 0.542. The number of nitrogens with zero attached hydrogens (tertiary/aromatic N) is 4. The molecule has 0 bridgehead atoms. The number of phenols is 1. The van der Waals surface area contributed by atoms with Gasteiger partial charge in [0.05, 0.1) is 13.3 Å². The van der Waals surface area contributed by atoms with Gasteiger partial charge in [-0.3, -0.25) is 0 Å². The van der Waals surface area contributed by atoms with E-state index < -0.39 is 0 Å². The fourth-order valence-electron chi connectivity index (χ4n) is 2.20. The molecule has 0 aliphatic rings. The molecule has 1 aromatic heterocycles. The highest BCUT2D eigenvalue weighted by molar-refractivity contribution is 7.98. The van der Waals surface area contributed by atoms with Gasteiger partial charge >= 0.3 is 0 Å². The molecule has 1 N–H and O–H groups in total. The summed E-state index contributed by atoms with van der Waals surface area (Å²) in [5.41, 5.74) is 1.97. The summed E-state index contributed by atoms with van der Waals surface area (Å²) in [5, 5.41) is 23.3. The molecule has 128 valence electrons. The summed E-state index contributed by atoms with van der Waals surface area (Å²) in [4.78, 5) is 0. The van der Waals surface area contributed by atoms with Crippen molar-refractivity contribution < 1.29 is 9.84 Å². The van der Waals surface area contributed by atoms with Gasteiger partial charge < -0.3 is 9.84 Å². The summed E-state index contributed by atoms with van der Waals surface area (Å²) < 4.78 is 6.73. The SMILES string of the molecule is COc1ccc(/C=N/n2c(C)nnc2SCc2ccccc2)cc1O. The van der Waals surface area contributed by atoms with Crippen LogP contribution in [0, 0.1) is 6.92 Å². The fraction of sp³-hybridized carbons (Fsp3) is 0.167. The van der Waals surface area contributed by atoms with E-state index in [1.54, 1.807) is 34.8 Å². The van der Waals surface area contributed by atoms with Gasteiger partial charge in [0.25, 0.3) is 0 Å². The van der Waals surface area contributed by atoms with Crippen LogP contribution in [0.4, 0.5) is 0 Å². The highest BCUT2D eigenvalue weighted by Gasteiger charge is 2.09. The first kappa shape index (κ1) is 17.0. The standard InChI is InChI=1S/C18H18N4O2S/c1-13-20-21-18(25-12-14-6-4-3-5-7-14)22(13)19-11-15-8-9-17(24-2)16(23)10-15/h3-11,23H,12H2,1-2H3/b19-11+. The molecule has 2 aromatic carbocycles. The van der Waals surface area contributed by atoms with Gasteiger partial charge in [-0.1, -0.05) is 42.1 Å². The first-order valence-corrected chi connectivity index (χ1v) is 8.66. The number of hydrogen-bond donors (Lipinski definition) is 1. The van der Waals surface area contributed by atoms with E-state index in [1.165, 1.54) is 12.7 Å². The summed E-state index contributed by atoms with van der Waals surface area (Å²) in [6.07, 6.45) is 1.65. The molecule has 25 heavy (non-hydrogen) atoms. The molecule has 3 aromatic rings. The van der Waals surface area contributed by atoms with Crippen molar-refractivity contribution in [3.63, 3.8) is 0 Å². The molecule has 0 amide bonds. The maximum Gasteiger partial charge on any atom is 0.212 e. The lowest BCUT2D eigenvalue weighted by Crippen LogP contribution is -1.96. The molecule has 7 heteroatoms. The number of rotatable bonds is 6. The number of phenolic OH excluding ortho intramolecular Hbond substituents is 1. The lowest BCUT2D eigenvalue weighted by molar-refractivity contribution is 0.373. The molecule has 3 rings (SSSR count). The van der Waals surface area contributed by atoms with E-state index in [9.17, 15) is 5.11 Å². The fourth-order valence-corrected chi connectivity index (χ4v) is 3.08. The number of aromatic hydroxyl groups is 1. The molecule has 0 spiro atoms. The Balaban J connectivity index is 1.76. The van der Waals surface area contributed by atoms with Gasteiger partial charge in [0, 0.05) is 5.75 Å². The number of hydrogen-bond acceptors (Lipinski definition) is 6. The second-order valence-corrected chi connectivity index (χ2v) is 6.23. The van der Waals surface area contributed by atoms with E-state index in [0.717, 1.165) is 16.5 Å². The van der Waals surface area contributed by atoms with Crippen molar-refractivity contribution in [2.24, 2.45) is 5.10 Å². The van der Waals surface area contributed by atoms with Crippen molar-refractivity contribution in [1.29, 1.82) is 0 Å². The van der Waals surface area contributed by atoms with Crippen molar-refractivity contribution in [3.8, 4) is 11.5 Å². The Morgan fingerprint density at radius 1 is 1.20 bits per heavy atom. The molecule has 0 fully saturated rings. The zero-order valence-electron chi connectivity index (χ0n) is 14.0. The zero-order valence-corrected chi connectivity index (χ0v) is 14.8. The van der Waals surface area contributed by atoms with Gasteiger partial charge in [0.2, 0.25) is 5.16 Å². The first-order chi connectivity index (χ1) is 12.2. The summed E-state index contributed by atoms with van der Waals surface area (Å²) in [5.74, 6) is 1.99. The Kier molecular flexibility index (Phi) is 5.35. The van der Waals surface area contributed by atoms with Crippen molar-refractivity contribution in [3.05, 3.63) is 65.5 Å². The van der Waals surface area contributed by atoms with Crippen molar-refractivity contribution in [2.45, 2.75) is 17.8 Å². The first-order valence-electron chi connectivity index (χ1n) is 7.67. The molecule has 0 atom stereocenters. The number of aromatic nitrogens is 3. The van der Waals surface area contributed by atoms with Gasteiger partial charge in [-0.05, 0) is 36.2 Å². The van der Waals surface area contributed by atoms with Crippen molar-refractivity contribution in [2.75, 3.05) is 7.11 Å². The van der Waals surface area contributed by atoms with E-state index in [4.69, 9.17) is 4.74 Å². The zero-order chi connectivity index (χ0) is 17.6. The summed E-state index contributed by atoms with van der Waals surface area (Å²) in [6, 6.07) is 15.3. The number of benzene rings is 2. The Morgan fingerprint density at radius 3 is 2.72 bits per heavy atom. The van der Waals surface area contributed by atoms with E-state index in [0.29, 0.717) is 11.6 Å². The Hall–Kier alpha value is -2.80. The van der Waals surface area contributed by atoms with Crippen LogP contribution in [0.1, 0.15) is 17.0 Å². The van der Waals surface area contributed by atoms with Gasteiger partial charge in [0.1, 0.15) is 0 Å². The predicted molar refractivity (Wildman–Crippen MR) is 98.4 cm³/mol. The number of ether oxygens (including phenoxy) is 1. The third-order valence-corrected chi connectivity index (χ3v) is 4.49. The number of thioether (sulfide) groups is 1. The highest BCUT2D eigenvalue weighted by atomic mass is 32.2. The van der Waals surface area contributed by atoms with Crippen LogP contribution in [-0.4, -0.2) is 33.3 Å². The molecule has 1 heterocycles. The van der Waals surface area contributed by atoms with Gasteiger partial charge in [0.15, 0.2) is 17.3 Å².